The van der Waals surface area contributed by atoms with Gasteiger partial charge in [0.1, 0.15) is 11.1 Å². The molecule has 3 aromatic rings. The predicted octanol–water partition coefficient (Wildman–Crippen LogP) is 4.99. The molecule has 0 radical (unpaired) electrons. The fourth-order valence-corrected chi connectivity index (χ4v) is 3.61. The molecule has 27 heavy (non-hydrogen) atoms. The third-order valence-electron chi connectivity index (χ3n) is 3.77. The van der Waals surface area contributed by atoms with E-state index >= 15 is 0 Å². The molecule has 0 unspecified atom stereocenters. The first-order valence-corrected chi connectivity index (χ1v) is 9.33. The van der Waals surface area contributed by atoms with Gasteiger partial charge in [-0.2, -0.15) is 0 Å². The number of benzene rings is 2. The second-order valence-electron chi connectivity index (χ2n) is 5.60. The topological polar surface area (TPSA) is 65.3 Å². The third-order valence-corrected chi connectivity index (χ3v) is 5.01. The summed E-state index contributed by atoms with van der Waals surface area (Å²) in [6.45, 7) is -0.105. The largest absolute Gasteiger partial charge is 0.443 e. The average molecular weight is 471 g/mol. The Morgan fingerprint density at radius 3 is 2.41 bits per heavy atom. The second kappa shape index (κ2) is 8.21. The molecule has 0 spiro atoms. The minimum atomic E-state index is -0.694. The van der Waals surface area contributed by atoms with Crippen LogP contribution in [-0.4, -0.2) is 15.5 Å². The van der Waals surface area contributed by atoms with Gasteiger partial charge < -0.3 is 4.74 Å². The molecule has 9 heteroatoms. The first-order chi connectivity index (χ1) is 12.9. The summed E-state index contributed by atoms with van der Waals surface area (Å²) in [5, 5.41) is 3.33. The lowest BCUT2D eigenvalue weighted by Gasteiger charge is -2.11. The Kier molecular flexibility index (Phi) is 5.94. The van der Waals surface area contributed by atoms with E-state index in [0.29, 0.717) is 31.6 Å². The van der Waals surface area contributed by atoms with Gasteiger partial charge in [-0.15, -0.1) is 0 Å². The molecule has 140 valence electrons. The van der Waals surface area contributed by atoms with Gasteiger partial charge in [-0.05, 0) is 46.3 Å². The van der Waals surface area contributed by atoms with Crippen LogP contribution in [0.25, 0.3) is 5.69 Å². The van der Waals surface area contributed by atoms with Crippen LogP contribution in [0, 0.1) is 0 Å². The van der Waals surface area contributed by atoms with Crippen molar-refractivity contribution in [3.63, 3.8) is 0 Å². The summed E-state index contributed by atoms with van der Waals surface area (Å²) in [6.07, 6.45) is -0.694. The number of anilines is 1. The molecule has 0 aliphatic carbocycles. The summed E-state index contributed by atoms with van der Waals surface area (Å²) < 4.78 is 8.68. The van der Waals surface area contributed by atoms with Crippen LogP contribution in [0.2, 0.25) is 10.0 Å². The van der Waals surface area contributed by atoms with Crippen LogP contribution >= 0.6 is 39.1 Å². The SMILES string of the molecule is Cn1c(COC(=O)Nc2cc(Cl)cc(Cl)c2)c(Br)c(=O)n1-c1ccccc1. The molecule has 0 atom stereocenters. The van der Waals surface area contributed by atoms with E-state index in [9.17, 15) is 9.59 Å². The number of ether oxygens (including phenoxy) is 1. The number of nitrogens with one attached hydrogen (secondary N) is 1. The first kappa shape index (κ1) is 19.5. The molecule has 1 heterocycles. The number of rotatable bonds is 4. The van der Waals surface area contributed by atoms with Crippen molar-refractivity contribution in [2.75, 3.05) is 5.32 Å². The van der Waals surface area contributed by atoms with E-state index in [1.165, 1.54) is 4.68 Å². The van der Waals surface area contributed by atoms with Crippen molar-refractivity contribution >= 4 is 50.9 Å². The number of carbonyl (C=O) groups excluding carboxylic acids is 1. The van der Waals surface area contributed by atoms with Crippen LogP contribution in [0.5, 0.6) is 0 Å². The summed E-state index contributed by atoms with van der Waals surface area (Å²) in [7, 11) is 1.71. The Morgan fingerprint density at radius 1 is 1.15 bits per heavy atom. The van der Waals surface area contributed by atoms with Gasteiger partial charge in [-0.25, -0.2) is 9.48 Å². The Bertz CT molecular complexity index is 1030. The third kappa shape index (κ3) is 4.37. The number of carbonyl (C=O) groups is 1. The summed E-state index contributed by atoms with van der Waals surface area (Å²) >= 11 is 15.1. The number of hydrogen-bond acceptors (Lipinski definition) is 3. The van der Waals surface area contributed by atoms with Crippen LogP contribution < -0.4 is 10.9 Å². The van der Waals surface area contributed by atoms with Gasteiger partial charge in [-0.3, -0.25) is 14.8 Å². The smallest absolute Gasteiger partial charge is 0.412 e. The predicted molar refractivity (Wildman–Crippen MR) is 109 cm³/mol. The molecule has 0 aliphatic heterocycles. The quantitative estimate of drug-likeness (QED) is 0.583. The van der Waals surface area contributed by atoms with Crippen molar-refractivity contribution in [1.29, 1.82) is 0 Å². The summed E-state index contributed by atoms with van der Waals surface area (Å²) in [5.74, 6) is 0. The molecule has 2 aromatic carbocycles. The van der Waals surface area contributed by atoms with Gasteiger partial charge in [0.05, 0.1) is 11.4 Å². The lowest BCUT2D eigenvalue weighted by Crippen LogP contribution is -2.20. The molecule has 1 aromatic heterocycles. The summed E-state index contributed by atoms with van der Waals surface area (Å²) in [4.78, 5) is 24.6. The van der Waals surface area contributed by atoms with E-state index in [4.69, 9.17) is 27.9 Å². The Hall–Kier alpha value is -2.22. The zero-order chi connectivity index (χ0) is 19.6. The minimum absolute atomic E-state index is 0.105. The molecular formula is C18H14BrCl2N3O3. The van der Waals surface area contributed by atoms with Gasteiger partial charge in [0.25, 0.3) is 5.56 Å². The van der Waals surface area contributed by atoms with Gasteiger partial charge >= 0.3 is 6.09 Å². The van der Waals surface area contributed by atoms with Crippen LogP contribution in [0.15, 0.2) is 57.8 Å². The van der Waals surface area contributed by atoms with E-state index in [0.717, 1.165) is 0 Å². The number of nitrogens with zero attached hydrogens (tertiary/aromatic N) is 2. The Labute approximate surface area is 173 Å². The van der Waals surface area contributed by atoms with Crippen molar-refractivity contribution in [2.24, 2.45) is 7.05 Å². The molecule has 0 saturated heterocycles. The van der Waals surface area contributed by atoms with E-state index in [1.807, 2.05) is 30.3 Å². The van der Waals surface area contributed by atoms with E-state index in [1.54, 1.807) is 29.9 Å². The van der Waals surface area contributed by atoms with Crippen LogP contribution in [0.4, 0.5) is 10.5 Å². The highest BCUT2D eigenvalue weighted by atomic mass is 79.9. The molecule has 0 fully saturated rings. The van der Waals surface area contributed by atoms with Gasteiger partial charge in [0.2, 0.25) is 0 Å². The van der Waals surface area contributed by atoms with E-state index in [-0.39, 0.29) is 12.2 Å². The molecule has 1 amide bonds. The monoisotopic (exact) mass is 469 g/mol. The highest BCUT2D eigenvalue weighted by Gasteiger charge is 2.18. The standard InChI is InChI=1S/C18H14BrCl2N3O3/c1-23-15(16(19)17(25)24(23)14-5-3-2-4-6-14)10-27-18(26)22-13-8-11(20)7-12(21)9-13/h2-9H,10H2,1H3,(H,22,26). The number of amides is 1. The number of para-hydroxylation sites is 1. The molecule has 0 saturated carbocycles. The normalized spacial score (nSPS) is 10.7. The average Bonchev–Trinajstić information content (AvgIpc) is 2.82. The van der Waals surface area contributed by atoms with E-state index in [2.05, 4.69) is 21.2 Å². The van der Waals surface area contributed by atoms with Crippen molar-refractivity contribution in [3.05, 3.63) is 79.1 Å². The van der Waals surface area contributed by atoms with Crippen molar-refractivity contribution < 1.29 is 9.53 Å². The van der Waals surface area contributed by atoms with Crippen molar-refractivity contribution in [3.8, 4) is 5.69 Å². The Morgan fingerprint density at radius 2 is 1.78 bits per heavy atom. The molecule has 6 nitrogen and oxygen atoms in total. The minimum Gasteiger partial charge on any atom is -0.443 e. The maximum absolute atomic E-state index is 12.5. The highest BCUT2D eigenvalue weighted by Crippen LogP contribution is 2.23. The maximum atomic E-state index is 12.5. The zero-order valence-electron chi connectivity index (χ0n) is 14.1. The van der Waals surface area contributed by atoms with Gasteiger partial charge in [0.15, 0.2) is 0 Å². The summed E-state index contributed by atoms with van der Waals surface area (Å²) in [6, 6.07) is 13.8. The van der Waals surface area contributed by atoms with Crippen molar-refractivity contribution in [2.45, 2.75) is 6.61 Å². The van der Waals surface area contributed by atoms with Crippen LogP contribution in [-0.2, 0) is 18.4 Å². The molecular weight excluding hydrogens is 457 g/mol. The van der Waals surface area contributed by atoms with E-state index < -0.39 is 6.09 Å². The van der Waals surface area contributed by atoms with Crippen LogP contribution in [0.3, 0.4) is 0 Å². The van der Waals surface area contributed by atoms with Crippen LogP contribution in [0.1, 0.15) is 5.69 Å². The molecule has 0 aliphatic rings. The number of halogens is 3. The fraction of sp³-hybridized carbons (Fsp3) is 0.111. The van der Waals surface area contributed by atoms with Crippen molar-refractivity contribution in [1.82, 2.24) is 9.36 Å². The number of hydrogen-bond donors (Lipinski definition) is 1. The lowest BCUT2D eigenvalue weighted by molar-refractivity contribution is 0.151. The van der Waals surface area contributed by atoms with Gasteiger partial charge in [0, 0.05) is 22.8 Å². The molecule has 0 bridgehead atoms. The molecule has 3 rings (SSSR count). The highest BCUT2D eigenvalue weighted by molar-refractivity contribution is 9.10. The maximum Gasteiger partial charge on any atom is 0.412 e. The lowest BCUT2D eigenvalue weighted by atomic mass is 10.3. The summed E-state index contributed by atoms with van der Waals surface area (Å²) in [5.41, 5.74) is 1.38. The zero-order valence-corrected chi connectivity index (χ0v) is 17.2. The first-order valence-electron chi connectivity index (χ1n) is 7.78. The van der Waals surface area contributed by atoms with Gasteiger partial charge in [-0.1, -0.05) is 41.4 Å². The number of aromatic nitrogens is 2. The molecule has 1 N–H and O–H groups in total. The second-order valence-corrected chi connectivity index (χ2v) is 7.26. The Balaban J connectivity index is 1.76. The fourth-order valence-electron chi connectivity index (χ4n) is 2.55.